The van der Waals surface area contributed by atoms with Crippen molar-refractivity contribution in [1.29, 1.82) is 0 Å². The maximum Gasteiger partial charge on any atom is 0.145 e. The lowest BCUT2D eigenvalue weighted by Gasteiger charge is -2.40. The van der Waals surface area contributed by atoms with Gasteiger partial charge in [-0.3, -0.25) is 4.90 Å². The van der Waals surface area contributed by atoms with Crippen LogP contribution in [-0.4, -0.2) is 37.5 Å². The van der Waals surface area contributed by atoms with Crippen molar-refractivity contribution in [2.24, 2.45) is 0 Å². The SMILES string of the molecule is CSC(I)(c1ccccc1)N1CCOCC1. The molecule has 0 radical (unpaired) electrons. The fourth-order valence-electron chi connectivity index (χ4n) is 1.92. The fraction of sp³-hybridized carbons (Fsp3) is 0.500. The highest BCUT2D eigenvalue weighted by Crippen LogP contribution is 2.44. The van der Waals surface area contributed by atoms with Crippen LogP contribution in [0.5, 0.6) is 0 Å². The van der Waals surface area contributed by atoms with Crippen molar-refractivity contribution in [2.75, 3.05) is 32.6 Å². The van der Waals surface area contributed by atoms with Gasteiger partial charge in [0.25, 0.3) is 0 Å². The first kappa shape index (κ1) is 12.7. The second-order valence-corrected chi connectivity index (χ2v) is 7.02. The number of halogens is 1. The number of alkyl halides is 1. The molecular formula is C12H16INOS. The molecule has 1 atom stereocenters. The molecule has 4 heteroatoms. The Morgan fingerprint density at radius 3 is 2.44 bits per heavy atom. The van der Waals surface area contributed by atoms with Gasteiger partial charge in [0, 0.05) is 13.1 Å². The van der Waals surface area contributed by atoms with E-state index < -0.39 is 0 Å². The van der Waals surface area contributed by atoms with Gasteiger partial charge in [0.2, 0.25) is 0 Å². The van der Waals surface area contributed by atoms with Crippen LogP contribution in [0.2, 0.25) is 0 Å². The number of thioether (sulfide) groups is 1. The van der Waals surface area contributed by atoms with Crippen molar-refractivity contribution >= 4 is 34.4 Å². The van der Waals surface area contributed by atoms with Gasteiger partial charge >= 0.3 is 0 Å². The zero-order chi connectivity index (χ0) is 11.4. The molecule has 1 saturated heterocycles. The molecule has 0 amide bonds. The lowest BCUT2D eigenvalue weighted by Crippen LogP contribution is -2.45. The highest BCUT2D eigenvalue weighted by atomic mass is 127. The van der Waals surface area contributed by atoms with Crippen molar-refractivity contribution < 1.29 is 4.74 Å². The van der Waals surface area contributed by atoms with Crippen LogP contribution in [-0.2, 0) is 7.61 Å². The van der Waals surface area contributed by atoms with Crippen LogP contribution in [0.4, 0.5) is 0 Å². The molecule has 1 aromatic carbocycles. The molecule has 2 nitrogen and oxygen atoms in total. The Kier molecular flexibility index (Phi) is 4.52. The topological polar surface area (TPSA) is 12.5 Å². The maximum atomic E-state index is 5.42. The first-order valence-corrected chi connectivity index (χ1v) is 7.70. The molecule has 0 saturated carbocycles. The molecule has 1 unspecified atom stereocenters. The van der Waals surface area contributed by atoms with Crippen LogP contribution >= 0.6 is 34.4 Å². The zero-order valence-corrected chi connectivity index (χ0v) is 12.3. The fourth-order valence-corrected chi connectivity index (χ4v) is 3.58. The van der Waals surface area contributed by atoms with Crippen LogP contribution in [0.1, 0.15) is 5.56 Å². The predicted octanol–water partition coefficient (Wildman–Crippen LogP) is 2.93. The summed E-state index contributed by atoms with van der Waals surface area (Å²) in [6.07, 6.45) is 2.18. The van der Waals surface area contributed by atoms with Crippen molar-refractivity contribution in [3.63, 3.8) is 0 Å². The van der Waals surface area contributed by atoms with Gasteiger partial charge in [0.1, 0.15) is 2.88 Å². The highest BCUT2D eigenvalue weighted by molar-refractivity contribution is 14.1. The molecule has 1 aliphatic rings. The van der Waals surface area contributed by atoms with Gasteiger partial charge in [0.05, 0.1) is 13.2 Å². The number of benzene rings is 1. The summed E-state index contributed by atoms with van der Waals surface area (Å²) >= 11 is 4.45. The number of rotatable bonds is 3. The van der Waals surface area contributed by atoms with Crippen LogP contribution in [0.3, 0.4) is 0 Å². The van der Waals surface area contributed by atoms with Gasteiger partial charge in [-0.1, -0.05) is 30.3 Å². The Morgan fingerprint density at radius 2 is 1.88 bits per heavy atom. The van der Waals surface area contributed by atoms with Gasteiger partial charge in [-0.2, -0.15) is 0 Å². The molecule has 0 aromatic heterocycles. The second-order valence-electron chi connectivity index (χ2n) is 3.73. The Bertz CT molecular complexity index is 329. The molecule has 2 rings (SSSR count). The number of hydrogen-bond acceptors (Lipinski definition) is 3. The lowest BCUT2D eigenvalue weighted by molar-refractivity contribution is 0.0292. The van der Waals surface area contributed by atoms with E-state index in [0.29, 0.717) is 0 Å². The maximum absolute atomic E-state index is 5.42. The van der Waals surface area contributed by atoms with E-state index in [-0.39, 0.29) is 2.88 Å². The summed E-state index contributed by atoms with van der Waals surface area (Å²) in [4.78, 5) is 2.50. The minimum atomic E-state index is 0.0444. The smallest absolute Gasteiger partial charge is 0.145 e. The molecule has 0 N–H and O–H groups in total. The molecule has 1 heterocycles. The molecule has 0 aliphatic carbocycles. The minimum Gasteiger partial charge on any atom is -0.379 e. The van der Waals surface area contributed by atoms with Crippen LogP contribution in [0.15, 0.2) is 30.3 Å². The third-order valence-corrected chi connectivity index (χ3v) is 6.48. The van der Waals surface area contributed by atoms with E-state index in [1.807, 2.05) is 11.8 Å². The van der Waals surface area contributed by atoms with Crippen LogP contribution in [0.25, 0.3) is 0 Å². The van der Waals surface area contributed by atoms with Crippen molar-refractivity contribution in [3.05, 3.63) is 35.9 Å². The van der Waals surface area contributed by atoms with E-state index in [1.165, 1.54) is 5.56 Å². The summed E-state index contributed by atoms with van der Waals surface area (Å²) < 4.78 is 5.47. The first-order chi connectivity index (χ1) is 7.77. The predicted molar refractivity (Wildman–Crippen MR) is 78.0 cm³/mol. The van der Waals surface area contributed by atoms with Gasteiger partial charge in [-0.05, 0) is 34.4 Å². The molecule has 16 heavy (non-hydrogen) atoms. The Balaban J connectivity index is 2.24. The standard InChI is InChI=1S/C12H16INOS/c1-16-12(13,11-5-3-2-4-6-11)14-7-9-15-10-8-14/h2-6H,7-10H2,1H3. The van der Waals surface area contributed by atoms with E-state index in [1.54, 1.807) is 0 Å². The number of nitrogens with zero attached hydrogens (tertiary/aromatic N) is 1. The molecule has 0 bridgehead atoms. The summed E-state index contributed by atoms with van der Waals surface area (Å²) in [5.74, 6) is 0. The van der Waals surface area contributed by atoms with E-state index in [2.05, 4.69) is 64.1 Å². The average Bonchev–Trinajstić information content (AvgIpc) is 2.40. The molecule has 88 valence electrons. The Hall–Kier alpha value is 0.220. The number of hydrogen-bond donors (Lipinski definition) is 0. The molecular weight excluding hydrogens is 333 g/mol. The third-order valence-electron chi connectivity index (χ3n) is 2.82. The van der Waals surface area contributed by atoms with E-state index in [4.69, 9.17) is 4.74 Å². The quantitative estimate of drug-likeness (QED) is 0.473. The minimum absolute atomic E-state index is 0.0444. The van der Waals surface area contributed by atoms with Gasteiger partial charge in [-0.15, -0.1) is 11.8 Å². The lowest BCUT2D eigenvalue weighted by atomic mass is 10.2. The molecule has 1 aliphatic heterocycles. The Labute approximate surface area is 115 Å². The largest absolute Gasteiger partial charge is 0.379 e. The summed E-state index contributed by atoms with van der Waals surface area (Å²) in [7, 11) is 0. The van der Waals surface area contributed by atoms with Crippen molar-refractivity contribution in [1.82, 2.24) is 4.90 Å². The number of ether oxygens (including phenoxy) is 1. The zero-order valence-electron chi connectivity index (χ0n) is 9.36. The van der Waals surface area contributed by atoms with Crippen molar-refractivity contribution in [2.45, 2.75) is 2.88 Å². The summed E-state index contributed by atoms with van der Waals surface area (Å²) in [5, 5.41) is 0. The third kappa shape index (κ3) is 2.55. The molecule has 1 fully saturated rings. The normalized spacial score (nSPS) is 21.6. The summed E-state index contributed by atoms with van der Waals surface area (Å²) in [6.45, 7) is 3.72. The monoisotopic (exact) mass is 349 g/mol. The first-order valence-electron chi connectivity index (χ1n) is 5.40. The molecule has 1 aromatic rings. The Morgan fingerprint density at radius 1 is 1.25 bits per heavy atom. The van der Waals surface area contributed by atoms with E-state index >= 15 is 0 Å². The van der Waals surface area contributed by atoms with E-state index in [9.17, 15) is 0 Å². The number of morpholine rings is 1. The summed E-state index contributed by atoms with van der Waals surface area (Å²) in [6, 6.07) is 10.7. The second kappa shape index (κ2) is 5.71. The average molecular weight is 349 g/mol. The van der Waals surface area contributed by atoms with Crippen molar-refractivity contribution in [3.8, 4) is 0 Å². The van der Waals surface area contributed by atoms with Crippen LogP contribution < -0.4 is 0 Å². The molecule has 0 spiro atoms. The van der Waals surface area contributed by atoms with Gasteiger partial charge in [0.15, 0.2) is 0 Å². The summed E-state index contributed by atoms with van der Waals surface area (Å²) in [5.41, 5.74) is 1.37. The van der Waals surface area contributed by atoms with Gasteiger partial charge < -0.3 is 4.74 Å². The van der Waals surface area contributed by atoms with Gasteiger partial charge in [-0.25, -0.2) is 0 Å². The van der Waals surface area contributed by atoms with E-state index in [0.717, 1.165) is 26.3 Å². The highest BCUT2D eigenvalue weighted by Gasteiger charge is 2.35. The van der Waals surface area contributed by atoms with Crippen LogP contribution in [0, 0.1) is 0 Å².